The SMILES string of the molecule is CCOC(=O)C(C)(C)Oc1ccc(/C=C/c2cc(OC(C)(C)C(=O)OCC)cc(OC(C)(C)C(=O)OCC)c2)cc1. The maximum atomic E-state index is 12.4. The lowest BCUT2D eigenvalue weighted by Crippen LogP contribution is -2.40. The van der Waals surface area contributed by atoms with Gasteiger partial charge in [-0.2, -0.15) is 0 Å². The third-order valence-corrected chi connectivity index (χ3v) is 5.67. The van der Waals surface area contributed by atoms with Gasteiger partial charge in [-0.1, -0.05) is 24.3 Å². The average Bonchev–Trinajstić information content (AvgIpc) is 2.88. The maximum Gasteiger partial charge on any atom is 0.349 e. The van der Waals surface area contributed by atoms with Crippen LogP contribution in [0.4, 0.5) is 0 Å². The van der Waals surface area contributed by atoms with Crippen molar-refractivity contribution in [2.45, 2.75) is 79.1 Å². The first-order chi connectivity index (χ1) is 19.1. The largest absolute Gasteiger partial charge is 0.476 e. The fourth-order valence-corrected chi connectivity index (χ4v) is 3.57. The normalized spacial score (nSPS) is 12.0. The molecule has 41 heavy (non-hydrogen) atoms. The van der Waals surface area contributed by atoms with Gasteiger partial charge in [-0.3, -0.25) is 0 Å². The van der Waals surface area contributed by atoms with Crippen LogP contribution >= 0.6 is 0 Å². The average molecular weight is 571 g/mol. The van der Waals surface area contributed by atoms with Crippen LogP contribution in [0, 0.1) is 0 Å². The lowest BCUT2D eigenvalue weighted by molar-refractivity contribution is -0.159. The molecule has 0 N–H and O–H groups in total. The molecule has 9 nitrogen and oxygen atoms in total. The minimum Gasteiger partial charge on any atom is -0.476 e. The van der Waals surface area contributed by atoms with Crippen LogP contribution in [0.1, 0.15) is 73.4 Å². The third-order valence-electron chi connectivity index (χ3n) is 5.67. The van der Waals surface area contributed by atoms with Crippen LogP contribution in [-0.4, -0.2) is 54.5 Å². The highest BCUT2D eigenvalue weighted by Gasteiger charge is 2.34. The molecule has 0 bridgehead atoms. The second kappa shape index (κ2) is 14.1. The fourth-order valence-electron chi connectivity index (χ4n) is 3.57. The number of ether oxygens (including phenoxy) is 6. The monoisotopic (exact) mass is 570 g/mol. The third kappa shape index (κ3) is 9.84. The number of hydrogen-bond donors (Lipinski definition) is 0. The molecule has 9 heteroatoms. The van der Waals surface area contributed by atoms with Crippen LogP contribution in [0.2, 0.25) is 0 Å². The lowest BCUT2D eigenvalue weighted by Gasteiger charge is -2.27. The highest BCUT2D eigenvalue weighted by Crippen LogP contribution is 2.31. The molecule has 0 aliphatic rings. The van der Waals surface area contributed by atoms with E-state index >= 15 is 0 Å². The van der Waals surface area contributed by atoms with E-state index in [0.29, 0.717) is 22.8 Å². The number of hydrogen-bond acceptors (Lipinski definition) is 9. The Morgan fingerprint density at radius 2 is 0.878 bits per heavy atom. The van der Waals surface area contributed by atoms with Gasteiger partial charge in [0.25, 0.3) is 0 Å². The second-order valence-electron chi connectivity index (χ2n) is 10.6. The molecule has 224 valence electrons. The van der Waals surface area contributed by atoms with Gasteiger partial charge in [0.15, 0.2) is 16.8 Å². The van der Waals surface area contributed by atoms with Crippen molar-refractivity contribution in [2.75, 3.05) is 19.8 Å². The van der Waals surface area contributed by atoms with Crippen LogP contribution in [0.25, 0.3) is 12.2 Å². The van der Waals surface area contributed by atoms with Crippen molar-refractivity contribution in [3.05, 3.63) is 53.6 Å². The summed E-state index contributed by atoms with van der Waals surface area (Å²) in [5.74, 6) is -0.239. The Kier molecular flexibility index (Phi) is 11.4. The van der Waals surface area contributed by atoms with Crippen molar-refractivity contribution in [1.82, 2.24) is 0 Å². The molecule has 0 fully saturated rings. The summed E-state index contributed by atoms with van der Waals surface area (Å²) in [5.41, 5.74) is -2.10. The minimum atomic E-state index is -1.26. The van der Waals surface area contributed by atoms with Gasteiger partial charge in [-0.05, 0) is 97.7 Å². The van der Waals surface area contributed by atoms with Gasteiger partial charge in [-0.25, -0.2) is 14.4 Å². The van der Waals surface area contributed by atoms with Crippen LogP contribution in [0.3, 0.4) is 0 Å². The van der Waals surface area contributed by atoms with Crippen LogP contribution < -0.4 is 14.2 Å². The smallest absolute Gasteiger partial charge is 0.349 e. The standard InChI is InChI=1S/C32H42O9/c1-10-36-27(33)30(4,5)39-24-17-15-22(16-18-24)13-14-23-19-25(40-31(6,7)28(34)37-11-2)21-26(20-23)41-32(8,9)29(35)38-12-3/h13-21H,10-12H2,1-9H3/b14-13+. The van der Waals surface area contributed by atoms with E-state index < -0.39 is 34.7 Å². The number of carbonyl (C=O) groups excluding carboxylic acids is 3. The van der Waals surface area contributed by atoms with Gasteiger partial charge in [0.05, 0.1) is 19.8 Å². The summed E-state index contributed by atoms with van der Waals surface area (Å²) in [6.07, 6.45) is 3.71. The molecular weight excluding hydrogens is 528 g/mol. The number of carbonyl (C=O) groups is 3. The fraction of sp³-hybridized carbons (Fsp3) is 0.469. The van der Waals surface area contributed by atoms with Gasteiger partial charge >= 0.3 is 17.9 Å². The Morgan fingerprint density at radius 1 is 0.537 bits per heavy atom. The number of benzene rings is 2. The Hall–Kier alpha value is -4.01. The van der Waals surface area contributed by atoms with Gasteiger partial charge in [-0.15, -0.1) is 0 Å². The molecule has 0 saturated heterocycles. The molecule has 0 unspecified atom stereocenters. The molecule has 2 rings (SSSR count). The van der Waals surface area contributed by atoms with Crippen molar-refractivity contribution >= 4 is 30.1 Å². The number of rotatable bonds is 14. The molecule has 0 aromatic heterocycles. The Labute approximate surface area is 242 Å². The summed E-state index contributed by atoms with van der Waals surface area (Å²) in [5, 5.41) is 0. The maximum absolute atomic E-state index is 12.4. The van der Waals surface area contributed by atoms with Crippen molar-refractivity contribution in [3.8, 4) is 17.2 Å². The minimum absolute atomic E-state index is 0.223. The molecule has 0 heterocycles. The van der Waals surface area contributed by atoms with E-state index in [1.807, 2.05) is 24.3 Å². The summed E-state index contributed by atoms with van der Waals surface area (Å²) in [7, 11) is 0. The zero-order chi connectivity index (χ0) is 30.8. The zero-order valence-corrected chi connectivity index (χ0v) is 25.5. The molecular formula is C32H42O9. The van der Waals surface area contributed by atoms with E-state index in [0.717, 1.165) is 5.56 Å². The van der Waals surface area contributed by atoms with Crippen molar-refractivity contribution in [1.29, 1.82) is 0 Å². The van der Waals surface area contributed by atoms with Crippen LogP contribution in [0.5, 0.6) is 17.2 Å². The Bertz CT molecular complexity index is 1170. The number of esters is 3. The Balaban J connectivity index is 2.35. The summed E-state index contributed by atoms with van der Waals surface area (Å²) in [6.45, 7) is 15.7. The van der Waals surface area contributed by atoms with Crippen LogP contribution in [-0.2, 0) is 28.6 Å². The van der Waals surface area contributed by atoms with Gasteiger partial charge in [0.2, 0.25) is 0 Å². The van der Waals surface area contributed by atoms with E-state index in [1.165, 1.54) is 0 Å². The summed E-state index contributed by atoms with van der Waals surface area (Å²) in [6, 6.07) is 12.3. The Morgan fingerprint density at radius 3 is 1.24 bits per heavy atom. The van der Waals surface area contributed by atoms with Gasteiger partial charge in [0, 0.05) is 6.07 Å². The first-order valence-electron chi connectivity index (χ1n) is 13.7. The molecule has 0 aliphatic carbocycles. The second-order valence-corrected chi connectivity index (χ2v) is 10.6. The van der Waals surface area contributed by atoms with E-state index in [-0.39, 0.29) is 19.8 Å². The van der Waals surface area contributed by atoms with Crippen molar-refractivity contribution in [2.24, 2.45) is 0 Å². The summed E-state index contributed by atoms with van der Waals surface area (Å²) in [4.78, 5) is 37.0. The van der Waals surface area contributed by atoms with Crippen LogP contribution in [0.15, 0.2) is 42.5 Å². The van der Waals surface area contributed by atoms with E-state index in [2.05, 4.69) is 0 Å². The highest BCUT2D eigenvalue weighted by molar-refractivity contribution is 5.80. The van der Waals surface area contributed by atoms with Gasteiger partial charge < -0.3 is 28.4 Å². The van der Waals surface area contributed by atoms with E-state index in [1.54, 1.807) is 92.6 Å². The first kappa shape index (κ1) is 33.2. The van der Waals surface area contributed by atoms with E-state index in [4.69, 9.17) is 28.4 Å². The molecule has 0 atom stereocenters. The summed E-state index contributed by atoms with van der Waals surface area (Å²) >= 11 is 0. The quantitative estimate of drug-likeness (QED) is 0.153. The predicted molar refractivity (Wildman–Crippen MR) is 156 cm³/mol. The summed E-state index contributed by atoms with van der Waals surface area (Å²) < 4.78 is 33.2. The molecule has 0 aliphatic heterocycles. The first-order valence-corrected chi connectivity index (χ1v) is 13.7. The van der Waals surface area contributed by atoms with E-state index in [9.17, 15) is 14.4 Å². The zero-order valence-electron chi connectivity index (χ0n) is 25.5. The van der Waals surface area contributed by atoms with Crippen molar-refractivity contribution in [3.63, 3.8) is 0 Å². The lowest BCUT2D eigenvalue weighted by atomic mass is 10.1. The van der Waals surface area contributed by atoms with Gasteiger partial charge in [0.1, 0.15) is 17.2 Å². The molecule has 2 aromatic carbocycles. The predicted octanol–water partition coefficient (Wildman–Crippen LogP) is 6.02. The molecule has 0 saturated carbocycles. The highest BCUT2D eigenvalue weighted by atomic mass is 16.6. The molecule has 0 radical (unpaired) electrons. The van der Waals surface area contributed by atoms with Crippen molar-refractivity contribution < 1.29 is 42.8 Å². The molecule has 2 aromatic rings. The molecule has 0 spiro atoms. The topological polar surface area (TPSA) is 107 Å². The molecule has 0 amide bonds.